The van der Waals surface area contributed by atoms with Gasteiger partial charge in [-0.1, -0.05) is 35.9 Å². The molecule has 1 heterocycles. The second kappa shape index (κ2) is 6.87. The number of benzene rings is 2. The van der Waals surface area contributed by atoms with E-state index in [9.17, 15) is 13.2 Å². The molecule has 4 rings (SSSR count). The average molecular weight is 415 g/mol. The van der Waals surface area contributed by atoms with Crippen LogP contribution in [-0.2, 0) is 9.84 Å². The van der Waals surface area contributed by atoms with Crippen molar-refractivity contribution < 1.29 is 8.42 Å². The van der Waals surface area contributed by atoms with Crippen molar-refractivity contribution in [1.29, 1.82) is 0 Å². The van der Waals surface area contributed by atoms with Crippen LogP contribution in [0, 0.1) is 6.92 Å². The standard InChI is InChI=1S/C21H19ClN2O3S/c1-13-19(14-3-7-16(22)8-4-14)20(23-24(21(13)25)17-9-10-17)15-5-11-18(12-6-15)28(2,26)27/h3-8,11-12,17H,9-10H2,1-2H3. The SMILES string of the molecule is Cc1c(-c2ccc(Cl)cc2)c(-c2ccc(S(C)(=O)=O)cc2)nn(C2CC2)c1=O. The normalized spacial score (nSPS) is 14.2. The van der Waals surface area contributed by atoms with E-state index >= 15 is 0 Å². The van der Waals surface area contributed by atoms with Gasteiger partial charge in [-0.2, -0.15) is 5.10 Å². The molecule has 2 aromatic carbocycles. The van der Waals surface area contributed by atoms with Gasteiger partial charge in [-0.15, -0.1) is 0 Å². The largest absolute Gasteiger partial charge is 0.270 e. The van der Waals surface area contributed by atoms with Crippen LogP contribution in [-0.4, -0.2) is 24.5 Å². The van der Waals surface area contributed by atoms with Crippen molar-refractivity contribution in [3.8, 4) is 22.4 Å². The molecule has 0 saturated heterocycles. The number of sulfone groups is 1. The fraction of sp³-hybridized carbons (Fsp3) is 0.238. The Morgan fingerprint density at radius 2 is 1.57 bits per heavy atom. The Bertz CT molecular complexity index is 1210. The fourth-order valence-corrected chi connectivity index (χ4v) is 4.01. The first-order chi connectivity index (χ1) is 13.3. The molecule has 0 N–H and O–H groups in total. The molecule has 1 aromatic heterocycles. The molecule has 28 heavy (non-hydrogen) atoms. The topological polar surface area (TPSA) is 69.0 Å². The van der Waals surface area contributed by atoms with E-state index in [4.69, 9.17) is 11.6 Å². The van der Waals surface area contributed by atoms with Crippen LogP contribution in [0.5, 0.6) is 0 Å². The molecule has 0 amide bonds. The molecule has 0 atom stereocenters. The van der Waals surface area contributed by atoms with Gasteiger partial charge in [0.1, 0.15) is 0 Å². The number of halogens is 1. The van der Waals surface area contributed by atoms with Crippen LogP contribution in [0.15, 0.2) is 58.2 Å². The highest BCUT2D eigenvalue weighted by Gasteiger charge is 2.28. The Hall–Kier alpha value is -2.44. The van der Waals surface area contributed by atoms with Crippen molar-refractivity contribution in [3.63, 3.8) is 0 Å². The van der Waals surface area contributed by atoms with E-state index in [-0.39, 0.29) is 16.5 Å². The fourth-order valence-electron chi connectivity index (χ4n) is 3.26. The molecule has 1 aliphatic carbocycles. The minimum Gasteiger partial charge on any atom is -0.267 e. The van der Waals surface area contributed by atoms with E-state index in [1.807, 2.05) is 12.1 Å². The predicted octanol–water partition coefficient (Wildman–Crippen LogP) is 4.28. The molecular formula is C21H19ClN2O3S. The lowest BCUT2D eigenvalue weighted by Crippen LogP contribution is -2.25. The van der Waals surface area contributed by atoms with Crippen LogP contribution in [0.1, 0.15) is 24.4 Å². The summed E-state index contributed by atoms with van der Waals surface area (Å²) in [6.45, 7) is 1.81. The second-order valence-electron chi connectivity index (χ2n) is 7.13. The van der Waals surface area contributed by atoms with E-state index in [1.165, 1.54) is 6.26 Å². The van der Waals surface area contributed by atoms with Crippen molar-refractivity contribution in [3.05, 3.63) is 69.5 Å². The molecule has 7 heteroatoms. The van der Waals surface area contributed by atoms with E-state index in [1.54, 1.807) is 48.0 Å². The zero-order valence-electron chi connectivity index (χ0n) is 15.5. The lowest BCUT2D eigenvalue weighted by molar-refractivity contribution is 0.598. The Balaban J connectivity index is 1.96. The predicted molar refractivity (Wildman–Crippen MR) is 110 cm³/mol. The van der Waals surface area contributed by atoms with Crippen molar-refractivity contribution in [2.75, 3.05) is 6.26 Å². The Kier molecular flexibility index (Phi) is 4.63. The van der Waals surface area contributed by atoms with Crippen LogP contribution in [0.2, 0.25) is 5.02 Å². The summed E-state index contributed by atoms with van der Waals surface area (Å²) in [5.74, 6) is 0. The first-order valence-electron chi connectivity index (χ1n) is 8.95. The van der Waals surface area contributed by atoms with Crippen LogP contribution >= 0.6 is 11.6 Å². The minimum absolute atomic E-state index is 0.0936. The van der Waals surface area contributed by atoms with Crippen LogP contribution < -0.4 is 5.56 Å². The zero-order chi connectivity index (χ0) is 20.1. The first kappa shape index (κ1) is 18.9. The molecule has 0 radical (unpaired) electrons. The van der Waals surface area contributed by atoms with Gasteiger partial charge < -0.3 is 0 Å². The third-order valence-electron chi connectivity index (χ3n) is 4.93. The molecule has 144 valence electrons. The maximum absolute atomic E-state index is 12.9. The van der Waals surface area contributed by atoms with Crippen LogP contribution in [0.3, 0.4) is 0 Å². The summed E-state index contributed by atoms with van der Waals surface area (Å²) in [7, 11) is -3.29. The minimum atomic E-state index is -3.29. The molecule has 0 aliphatic heterocycles. The van der Waals surface area contributed by atoms with Gasteiger partial charge in [-0.05, 0) is 49.6 Å². The van der Waals surface area contributed by atoms with Gasteiger partial charge in [0.2, 0.25) is 0 Å². The number of hydrogen-bond acceptors (Lipinski definition) is 4. The lowest BCUT2D eigenvalue weighted by atomic mass is 9.96. The summed E-state index contributed by atoms with van der Waals surface area (Å²) in [5.41, 5.74) is 3.53. The summed E-state index contributed by atoms with van der Waals surface area (Å²) < 4.78 is 25.1. The summed E-state index contributed by atoms with van der Waals surface area (Å²) in [6, 6.07) is 14.0. The van der Waals surface area contributed by atoms with E-state index in [0.717, 1.165) is 29.5 Å². The summed E-state index contributed by atoms with van der Waals surface area (Å²) >= 11 is 6.02. The van der Waals surface area contributed by atoms with Gasteiger partial charge in [0, 0.05) is 28.0 Å². The van der Waals surface area contributed by atoms with Crippen molar-refractivity contribution >= 4 is 21.4 Å². The first-order valence-corrected chi connectivity index (χ1v) is 11.2. The molecule has 1 fully saturated rings. The molecule has 0 bridgehead atoms. The molecule has 1 aliphatic rings. The Morgan fingerprint density at radius 3 is 2.11 bits per heavy atom. The summed E-state index contributed by atoms with van der Waals surface area (Å²) in [5, 5.41) is 5.29. The molecule has 0 spiro atoms. The molecular weight excluding hydrogens is 396 g/mol. The zero-order valence-corrected chi connectivity index (χ0v) is 17.1. The lowest BCUT2D eigenvalue weighted by Gasteiger charge is -2.16. The maximum Gasteiger partial charge on any atom is 0.270 e. The quantitative estimate of drug-likeness (QED) is 0.639. The molecule has 0 unspecified atom stereocenters. The van der Waals surface area contributed by atoms with Gasteiger partial charge in [0.25, 0.3) is 5.56 Å². The highest BCUT2D eigenvalue weighted by Crippen LogP contribution is 2.37. The van der Waals surface area contributed by atoms with Crippen LogP contribution in [0.4, 0.5) is 0 Å². The highest BCUT2D eigenvalue weighted by atomic mass is 35.5. The highest BCUT2D eigenvalue weighted by molar-refractivity contribution is 7.90. The number of nitrogens with zero attached hydrogens (tertiary/aromatic N) is 2. The third kappa shape index (κ3) is 3.50. The number of rotatable bonds is 4. The van der Waals surface area contributed by atoms with Crippen molar-refractivity contribution in [2.24, 2.45) is 0 Å². The smallest absolute Gasteiger partial charge is 0.267 e. The van der Waals surface area contributed by atoms with Gasteiger partial charge in [0.05, 0.1) is 16.6 Å². The summed E-state index contributed by atoms with van der Waals surface area (Å²) in [4.78, 5) is 13.1. The summed E-state index contributed by atoms with van der Waals surface area (Å²) in [6.07, 6.45) is 3.06. The van der Waals surface area contributed by atoms with Crippen molar-refractivity contribution in [2.45, 2.75) is 30.7 Å². The Labute approximate surface area is 168 Å². The van der Waals surface area contributed by atoms with Gasteiger partial charge in [0.15, 0.2) is 9.84 Å². The molecule has 5 nitrogen and oxygen atoms in total. The second-order valence-corrected chi connectivity index (χ2v) is 9.59. The Morgan fingerprint density at radius 1 is 1.00 bits per heavy atom. The number of aromatic nitrogens is 2. The molecule has 1 saturated carbocycles. The van der Waals surface area contributed by atoms with Gasteiger partial charge in [-0.25, -0.2) is 13.1 Å². The van der Waals surface area contributed by atoms with E-state index < -0.39 is 9.84 Å². The third-order valence-corrected chi connectivity index (χ3v) is 6.31. The maximum atomic E-state index is 12.9. The average Bonchev–Trinajstić information content (AvgIpc) is 3.49. The number of hydrogen-bond donors (Lipinski definition) is 0. The van der Waals surface area contributed by atoms with E-state index in [0.29, 0.717) is 16.3 Å². The molecule has 3 aromatic rings. The van der Waals surface area contributed by atoms with Gasteiger partial charge >= 0.3 is 0 Å². The van der Waals surface area contributed by atoms with Gasteiger partial charge in [-0.3, -0.25) is 4.79 Å². The van der Waals surface area contributed by atoms with E-state index in [2.05, 4.69) is 5.10 Å². The van der Waals surface area contributed by atoms with Crippen LogP contribution in [0.25, 0.3) is 22.4 Å². The van der Waals surface area contributed by atoms with Crippen molar-refractivity contribution in [1.82, 2.24) is 9.78 Å². The monoisotopic (exact) mass is 414 g/mol.